The highest BCUT2D eigenvalue weighted by molar-refractivity contribution is 5.79. The van der Waals surface area contributed by atoms with E-state index in [9.17, 15) is 4.79 Å². The van der Waals surface area contributed by atoms with Gasteiger partial charge in [0.15, 0.2) is 0 Å². The van der Waals surface area contributed by atoms with Gasteiger partial charge in [-0.1, -0.05) is 30.3 Å². The SMILES string of the molecule is COCc1nn2c(=O)cc(CCc3c(C)n[nH]c3C)[nH]c2c1-c1ccccc1. The zero-order chi connectivity index (χ0) is 19.7. The first-order valence-electron chi connectivity index (χ1n) is 9.27. The Labute approximate surface area is 162 Å². The van der Waals surface area contributed by atoms with E-state index >= 15 is 0 Å². The molecule has 0 unspecified atom stereocenters. The van der Waals surface area contributed by atoms with Gasteiger partial charge in [-0.3, -0.25) is 9.89 Å². The third-order valence-electron chi connectivity index (χ3n) is 5.01. The van der Waals surface area contributed by atoms with Crippen molar-refractivity contribution in [3.8, 4) is 11.1 Å². The van der Waals surface area contributed by atoms with Gasteiger partial charge in [-0.2, -0.15) is 14.7 Å². The predicted octanol–water partition coefficient (Wildman–Crippen LogP) is 2.96. The van der Waals surface area contributed by atoms with E-state index in [1.807, 2.05) is 44.2 Å². The summed E-state index contributed by atoms with van der Waals surface area (Å²) in [7, 11) is 1.63. The molecule has 3 heterocycles. The number of aromatic amines is 2. The van der Waals surface area contributed by atoms with Crippen molar-refractivity contribution < 1.29 is 4.74 Å². The summed E-state index contributed by atoms with van der Waals surface area (Å²) in [5.41, 5.74) is 7.31. The number of benzene rings is 1. The van der Waals surface area contributed by atoms with Gasteiger partial charge >= 0.3 is 0 Å². The van der Waals surface area contributed by atoms with E-state index in [2.05, 4.69) is 20.3 Å². The second kappa shape index (κ2) is 7.44. The monoisotopic (exact) mass is 377 g/mol. The number of nitrogens with zero attached hydrogens (tertiary/aromatic N) is 3. The summed E-state index contributed by atoms with van der Waals surface area (Å²) < 4.78 is 6.74. The predicted molar refractivity (Wildman–Crippen MR) is 107 cm³/mol. The molecule has 1 aromatic carbocycles. The number of ether oxygens (including phenoxy) is 1. The topological polar surface area (TPSA) is 88.1 Å². The summed E-state index contributed by atoms with van der Waals surface area (Å²) in [4.78, 5) is 16.1. The smallest absolute Gasteiger partial charge is 0.274 e. The number of hydrogen-bond donors (Lipinski definition) is 2. The Kier molecular flexibility index (Phi) is 4.83. The number of rotatable bonds is 6. The fourth-order valence-electron chi connectivity index (χ4n) is 3.62. The molecule has 4 rings (SSSR count). The molecule has 7 nitrogen and oxygen atoms in total. The van der Waals surface area contributed by atoms with Crippen molar-refractivity contribution in [3.63, 3.8) is 0 Å². The van der Waals surface area contributed by atoms with E-state index in [0.29, 0.717) is 18.7 Å². The Morgan fingerprint density at radius 2 is 1.93 bits per heavy atom. The first-order chi connectivity index (χ1) is 13.6. The summed E-state index contributed by atoms with van der Waals surface area (Å²) in [5, 5.41) is 11.8. The van der Waals surface area contributed by atoms with Crippen LogP contribution in [-0.4, -0.2) is 31.9 Å². The summed E-state index contributed by atoms with van der Waals surface area (Å²) in [6, 6.07) is 11.6. The maximum absolute atomic E-state index is 12.7. The molecule has 3 aromatic heterocycles. The molecular formula is C21H23N5O2. The van der Waals surface area contributed by atoms with Gasteiger partial charge in [-0.15, -0.1) is 0 Å². The van der Waals surface area contributed by atoms with Crippen molar-refractivity contribution in [2.24, 2.45) is 0 Å². The highest BCUT2D eigenvalue weighted by Gasteiger charge is 2.17. The van der Waals surface area contributed by atoms with Crippen LogP contribution in [0.2, 0.25) is 0 Å². The largest absolute Gasteiger partial charge is 0.378 e. The zero-order valence-corrected chi connectivity index (χ0v) is 16.2. The van der Waals surface area contributed by atoms with Crippen molar-refractivity contribution in [1.82, 2.24) is 24.8 Å². The van der Waals surface area contributed by atoms with Crippen LogP contribution in [0.3, 0.4) is 0 Å². The molecule has 28 heavy (non-hydrogen) atoms. The number of aryl methyl sites for hydroxylation is 3. The normalized spacial score (nSPS) is 11.4. The molecule has 0 saturated carbocycles. The average Bonchev–Trinajstić information content (AvgIpc) is 3.21. The van der Waals surface area contributed by atoms with Gasteiger partial charge in [0.2, 0.25) is 0 Å². The molecule has 0 fully saturated rings. The van der Waals surface area contributed by atoms with E-state index in [1.165, 1.54) is 10.1 Å². The van der Waals surface area contributed by atoms with Crippen LogP contribution >= 0.6 is 0 Å². The quantitative estimate of drug-likeness (QED) is 0.541. The van der Waals surface area contributed by atoms with Crippen molar-refractivity contribution in [1.29, 1.82) is 0 Å². The van der Waals surface area contributed by atoms with Crippen LogP contribution in [0, 0.1) is 13.8 Å². The lowest BCUT2D eigenvalue weighted by Crippen LogP contribution is -2.16. The molecule has 4 aromatic rings. The molecule has 0 radical (unpaired) electrons. The number of aromatic nitrogens is 5. The summed E-state index contributed by atoms with van der Waals surface area (Å²) in [6.07, 6.45) is 1.52. The molecule has 0 aliphatic heterocycles. The zero-order valence-electron chi connectivity index (χ0n) is 16.2. The Hall–Kier alpha value is -3.19. The van der Waals surface area contributed by atoms with Gasteiger partial charge in [0.1, 0.15) is 5.65 Å². The standard InChI is InChI=1S/C21H23N5O2/c1-13-17(14(2)24-23-13)10-9-16-11-19(27)26-21(22-16)20(18(25-26)12-28-3)15-7-5-4-6-8-15/h4-8,11,22H,9-10,12H2,1-3H3,(H,23,24). The number of hydrogen-bond acceptors (Lipinski definition) is 4. The van der Waals surface area contributed by atoms with E-state index in [4.69, 9.17) is 4.74 Å². The van der Waals surface area contributed by atoms with Crippen LogP contribution in [0.4, 0.5) is 0 Å². The first kappa shape index (κ1) is 18.2. The van der Waals surface area contributed by atoms with Crippen molar-refractivity contribution >= 4 is 5.65 Å². The van der Waals surface area contributed by atoms with Gasteiger partial charge in [0.25, 0.3) is 5.56 Å². The van der Waals surface area contributed by atoms with E-state index in [-0.39, 0.29) is 5.56 Å². The van der Waals surface area contributed by atoms with Crippen LogP contribution in [0.25, 0.3) is 16.8 Å². The Balaban J connectivity index is 1.79. The highest BCUT2D eigenvalue weighted by Crippen LogP contribution is 2.27. The summed E-state index contributed by atoms with van der Waals surface area (Å²) in [5.74, 6) is 0. The highest BCUT2D eigenvalue weighted by atomic mass is 16.5. The van der Waals surface area contributed by atoms with Crippen LogP contribution in [0.1, 0.15) is 28.3 Å². The lowest BCUT2D eigenvalue weighted by molar-refractivity contribution is 0.181. The number of fused-ring (bicyclic) bond motifs is 1. The molecule has 0 aliphatic carbocycles. The maximum atomic E-state index is 12.7. The van der Waals surface area contributed by atoms with Gasteiger partial charge in [0, 0.05) is 24.6 Å². The van der Waals surface area contributed by atoms with E-state index < -0.39 is 0 Å². The van der Waals surface area contributed by atoms with Crippen LogP contribution in [0.15, 0.2) is 41.2 Å². The lowest BCUT2D eigenvalue weighted by Gasteiger charge is -2.06. The average molecular weight is 377 g/mol. The third kappa shape index (κ3) is 3.25. The second-order valence-corrected chi connectivity index (χ2v) is 6.93. The lowest BCUT2D eigenvalue weighted by atomic mass is 10.1. The molecule has 0 atom stereocenters. The van der Waals surface area contributed by atoms with Gasteiger partial charge in [-0.25, -0.2) is 0 Å². The minimum Gasteiger partial charge on any atom is -0.378 e. The molecule has 0 saturated heterocycles. The minimum atomic E-state index is -0.149. The molecule has 144 valence electrons. The number of methoxy groups -OCH3 is 1. The fraction of sp³-hybridized carbons (Fsp3) is 0.286. The van der Waals surface area contributed by atoms with Crippen LogP contribution in [0.5, 0.6) is 0 Å². The molecule has 7 heteroatoms. The number of H-pyrrole nitrogens is 2. The van der Waals surface area contributed by atoms with Crippen LogP contribution in [-0.2, 0) is 24.2 Å². The third-order valence-corrected chi connectivity index (χ3v) is 5.01. The molecule has 0 amide bonds. The second-order valence-electron chi connectivity index (χ2n) is 6.93. The van der Waals surface area contributed by atoms with Crippen molar-refractivity contribution in [3.05, 3.63) is 75.1 Å². The van der Waals surface area contributed by atoms with Crippen molar-refractivity contribution in [2.45, 2.75) is 33.3 Å². The first-order valence-corrected chi connectivity index (χ1v) is 9.27. The Morgan fingerprint density at radius 3 is 2.61 bits per heavy atom. The Morgan fingerprint density at radius 1 is 1.14 bits per heavy atom. The number of nitrogens with one attached hydrogen (secondary N) is 2. The van der Waals surface area contributed by atoms with Gasteiger partial charge in [0.05, 0.1) is 23.6 Å². The van der Waals surface area contributed by atoms with Gasteiger partial charge < -0.3 is 9.72 Å². The molecule has 0 spiro atoms. The summed E-state index contributed by atoms with van der Waals surface area (Å²) in [6.45, 7) is 4.34. The van der Waals surface area contributed by atoms with Gasteiger partial charge in [-0.05, 0) is 37.8 Å². The van der Waals surface area contributed by atoms with Crippen LogP contribution < -0.4 is 5.56 Å². The van der Waals surface area contributed by atoms with Crippen molar-refractivity contribution in [2.75, 3.05) is 7.11 Å². The van der Waals surface area contributed by atoms with E-state index in [1.54, 1.807) is 13.2 Å². The fourth-order valence-corrected chi connectivity index (χ4v) is 3.62. The summed E-state index contributed by atoms with van der Waals surface area (Å²) >= 11 is 0. The molecule has 0 bridgehead atoms. The minimum absolute atomic E-state index is 0.149. The van der Waals surface area contributed by atoms with E-state index in [0.717, 1.165) is 40.3 Å². The Bertz CT molecular complexity index is 1150. The molecule has 2 N–H and O–H groups in total. The molecule has 0 aliphatic rings. The molecular weight excluding hydrogens is 354 g/mol. The maximum Gasteiger partial charge on any atom is 0.274 e.